The van der Waals surface area contributed by atoms with Gasteiger partial charge in [0, 0.05) is 30.8 Å². The van der Waals surface area contributed by atoms with Crippen molar-refractivity contribution in [2.45, 2.75) is 31.9 Å². The number of hydrogen-bond acceptors (Lipinski definition) is 1. The number of piperidine rings is 1. The quantitative estimate of drug-likeness (QED) is 0.602. The van der Waals surface area contributed by atoms with Crippen molar-refractivity contribution in [3.8, 4) is 0 Å². The molecule has 1 atom stereocenters. The highest BCUT2D eigenvalue weighted by atomic mass is 79.9. The van der Waals surface area contributed by atoms with E-state index in [1.165, 1.54) is 54.2 Å². The number of quaternary nitrogens is 1. The van der Waals surface area contributed by atoms with E-state index in [4.69, 9.17) is 0 Å². The lowest BCUT2D eigenvalue weighted by atomic mass is 10.1. The van der Waals surface area contributed by atoms with Crippen LogP contribution in [0.2, 0.25) is 0 Å². The molecule has 2 aromatic carbocycles. The van der Waals surface area contributed by atoms with Gasteiger partial charge in [-0.2, -0.15) is 0 Å². The van der Waals surface area contributed by atoms with Gasteiger partial charge in [0.1, 0.15) is 12.6 Å². The minimum Gasteiger partial charge on any atom is -0.385 e. The normalized spacial score (nSPS) is 17.4. The van der Waals surface area contributed by atoms with Crippen molar-refractivity contribution < 1.29 is 10.0 Å². The number of aliphatic hydroxyl groups is 1. The number of aromatic nitrogens is 1. The van der Waals surface area contributed by atoms with Gasteiger partial charge < -0.3 is 14.6 Å². The van der Waals surface area contributed by atoms with Crippen LogP contribution in [0.4, 0.5) is 0 Å². The van der Waals surface area contributed by atoms with E-state index in [2.05, 4.69) is 72.8 Å². The molecule has 4 rings (SSSR count). The minimum atomic E-state index is -0.320. The summed E-state index contributed by atoms with van der Waals surface area (Å²) in [6, 6.07) is 12.8. The lowest BCUT2D eigenvalue weighted by Gasteiger charge is -2.26. The summed E-state index contributed by atoms with van der Waals surface area (Å²) in [6.45, 7) is 3.88. The first-order valence-electron chi connectivity index (χ1n) is 9.00. The van der Waals surface area contributed by atoms with Crippen molar-refractivity contribution >= 4 is 53.7 Å². The van der Waals surface area contributed by atoms with Crippen LogP contribution in [0.1, 0.15) is 19.3 Å². The monoisotopic (exact) mass is 465 g/mol. The van der Waals surface area contributed by atoms with E-state index in [0.717, 1.165) is 15.5 Å². The Balaban J connectivity index is 1.69. The molecule has 0 unspecified atom stereocenters. The summed E-state index contributed by atoms with van der Waals surface area (Å²) in [5, 5.41) is 13.2. The maximum Gasteiger partial charge on any atom is 0.121 e. The average Bonchev–Trinajstić information content (AvgIpc) is 2.88. The molecule has 2 N–H and O–H groups in total. The van der Waals surface area contributed by atoms with Gasteiger partial charge >= 0.3 is 0 Å². The van der Waals surface area contributed by atoms with E-state index in [1.54, 1.807) is 4.90 Å². The first-order chi connectivity index (χ1) is 12.1. The summed E-state index contributed by atoms with van der Waals surface area (Å²) in [5.41, 5.74) is 2.37. The maximum atomic E-state index is 10.7. The van der Waals surface area contributed by atoms with Crippen LogP contribution in [-0.4, -0.2) is 35.4 Å². The number of likely N-dealkylation sites (tertiary alicyclic amines) is 1. The van der Waals surface area contributed by atoms with Crippen molar-refractivity contribution in [3.05, 3.63) is 45.3 Å². The fraction of sp³-hybridized carbons (Fsp3) is 0.400. The molecule has 5 heteroatoms. The zero-order chi connectivity index (χ0) is 17.4. The van der Waals surface area contributed by atoms with E-state index in [0.29, 0.717) is 6.54 Å². The minimum absolute atomic E-state index is 0.320. The van der Waals surface area contributed by atoms with Crippen molar-refractivity contribution in [1.82, 2.24) is 4.57 Å². The summed E-state index contributed by atoms with van der Waals surface area (Å²) in [5.74, 6) is 0. The van der Waals surface area contributed by atoms with E-state index in [1.807, 2.05) is 0 Å². The fourth-order valence-electron chi connectivity index (χ4n) is 4.11. The molecule has 3 nitrogen and oxygen atoms in total. The molecular formula is C20H23Br2N2O+. The topological polar surface area (TPSA) is 29.6 Å². The Hall–Kier alpha value is -0.880. The molecule has 0 bridgehead atoms. The molecule has 1 fully saturated rings. The molecular weight excluding hydrogens is 444 g/mol. The number of hydrogen-bond donors (Lipinski definition) is 2. The maximum absolute atomic E-state index is 10.7. The average molecular weight is 467 g/mol. The zero-order valence-corrected chi connectivity index (χ0v) is 17.3. The summed E-state index contributed by atoms with van der Waals surface area (Å²) in [4.78, 5) is 1.55. The molecule has 1 aliphatic heterocycles. The van der Waals surface area contributed by atoms with Gasteiger partial charge in [0.05, 0.1) is 19.6 Å². The number of benzene rings is 2. The van der Waals surface area contributed by atoms with Gasteiger partial charge in [0.25, 0.3) is 0 Å². The summed E-state index contributed by atoms with van der Waals surface area (Å²) < 4.78 is 4.44. The SMILES string of the molecule is O[C@H](Cn1c2ccc(Br)cc2c2cc(Br)ccc21)C[NH+]1CCCCC1. The van der Waals surface area contributed by atoms with Crippen LogP contribution >= 0.6 is 31.9 Å². The molecule has 0 aliphatic carbocycles. The number of nitrogens with zero attached hydrogens (tertiary/aromatic N) is 1. The van der Waals surface area contributed by atoms with E-state index >= 15 is 0 Å². The van der Waals surface area contributed by atoms with E-state index in [9.17, 15) is 5.11 Å². The number of halogens is 2. The fourth-order valence-corrected chi connectivity index (χ4v) is 4.83. The Morgan fingerprint density at radius 1 is 0.920 bits per heavy atom. The molecule has 1 saturated heterocycles. The van der Waals surface area contributed by atoms with Crippen LogP contribution in [0.25, 0.3) is 21.8 Å². The highest BCUT2D eigenvalue weighted by Crippen LogP contribution is 2.33. The predicted octanol–water partition coefficient (Wildman–Crippen LogP) is 3.75. The van der Waals surface area contributed by atoms with Gasteiger partial charge in [-0.1, -0.05) is 31.9 Å². The van der Waals surface area contributed by atoms with Crippen molar-refractivity contribution in [1.29, 1.82) is 0 Å². The highest BCUT2D eigenvalue weighted by molar-refractivity contribution is 9.10. The molecule has 1 aromatic heterocycles. The smallest absolute Gasteiger partial charge is 0.121 e. The van der Waals surface area contributed by atoms with Crippen LogP contribution in [-0.2, 0) is 6.54 Å². The van der Waals surface area contributed by atoms with Crippen molar-refractivity contribution in [3.63, 3.8) is 0 Å². The van der Waals surface area contributed by atoms with Crippen LogP contribution < -0.4 is 4.90 Å². The number of nitrogens with one attached hydrogen (secondary N) is 1. The van der Waals surface area contributed by atoms with Crippen LogP contribution in [0.15, 0.2) is 45.3 Å². The molecule has 25 heavy (non-hydrogen) atoms. The first-order valence-corrected chi connectivity index (χ1v) is 10.6. The summed E-state index contributed by atoms with van der Waals surface area (Å²) >= 11 is 7.18. The van der Waals surface area contributed by atoms with Crippen LogP contribution in [0.5, 0.6) is 0 Å². The van der Waals surface area contributed by atoms with Gasteiger partial charge in [-0.05, 0) is 55.7 Å². The Morgan fingerprint density at radius 2 is 1.48 bits per heavy atom. The highest BCUT2D eigenvalue weighted by Gasteiger charge is 2.20. The Labute approximate surface area is 164 Å². The van der Waals surface area contributed by atoms with Crippen LogP contribution in [0.3, 0.4) is 0 Å². The molecule has 0 spiro atoms. The third kappa shape index (κ3) is 3.65. The molecule has 1 aliphatic rings. The molecule has 132 valence electrons. The number of aliphatic hydroxyl groups excluding tert-OH is 1. The first kappa shape index (κ1) is 17.5. The van der Waals surface area contributed by atoms with Crippen LogP contribution in [0, 0.1) is 0 Å². The van der Waals surface area contributed by atoms with E-state index < -0.39 is 0 Å². The van der Waals surface area contributed by atoms with Gasteiger partial charge in [-0.15, -0.1) is 0 Å². The summed E-state index contributed by atoms with van der Waals surface area (Å²) in [7, 11) is 0. The molecule has 0 amide bonds. The largest absolute Gasteiger partial charge is 0.385 e. The second kappa shape index (κ2) is 7.39. The Morgan fingerprint density at radius 3 is 2.04 bits per heavy atom. The second-order valence-corrected chi connectivity index (χ2v) is 8.93. The van der Waals surface area contributed by atoms with Gasteiger partial charge in [-0.25, -0.2) is 0 Å². The lowest BCUT2D eigenvalue weighted by molar-refractivity contribution is -0.908. The third-order valence-corrected chi connectivity index (χ3v) is 6.25. The van der Waals surface area contributed by atoms with Gasteiger partial charge in [-0.3, -0.25) is 0 Å². The molecule has 2 heterocycles. The Bertz CT molecular complexity index is 840. The van der Waals surface area contributed by atoms with Crippen molar-refractivity contribution in [2.75, 3.05) is 19.6 Å². The van der Waals surface area contributed by atoms with Crippen molar-refractivity contribution in [2.24, 2.45) is 0 Å². The lowest BCUT2D eigenvalue weighted by Crippen LogP contribution is -3.13. The third-order valence-electron chi connectivity index (χ3n) is 5.27. The van der Waals surface area contributed by atoms with Gasteiger partial charge in [0.15, 0.2) is 0 Å². The number of fused-ring (bicyclic) bond motifs is 3. The Kier molecular flexibility index (Phi) is 5.18. The molecule has 3 aromatic rings. The predicted molar refractivity (Wildman–Crippen MR) is 110 cm³/mol. The van der Waals surface area contributed by atoms with E-state index in [-0.39, 0.29) is 6.10 Å². The standard InChI is InChI=1S/C20H22Br2N2O/c21-14-4-6-19-17(10-14)18-11-15(22)5-7-20(18)24(19)13-16(25)12-23-8-2-1-3-9-23/h4-7,10-11,16,25H,1-3,8-9,12-13H2/p+1/t16-/m0/s1. The molecule has 0 radical (unpaired) electrons. The second-order valence-electron chi connectivity index (χ2n) is 7.10. The van der Waals surface area contributed by atoms with Gasteiger partial charge in [0.2, 0.25) is 0 Å². The zero-order valence-electron chi connectivity index (χ0n) is 14.1. The molecule has 0 saturated carbocycles. The number of rotatable bonds is 4. The summed E-state index contributed by atoms with van der Waals surface area (Å²) in [6.07, 6.45) is 3.61.